The van der Waals surface area contributed by atoms with Gasteiger partial charge in [-0.25, -0.2) is 4.98 Å². The highest BCUT2D eigenvalue weighted by Crippen LogP contribution is 2.24. The Morgan fingerprint density at radius 1 is 1.47 bits per heavy atom. The van der Waals surface area contributed by atoms with Crippen LogP contribution in [0.15, 0.2) is 18.2 Å². The first-order valence-electron chi connectivity index (χ1n) is 4.36. The zero-order valence-electron chi connectivity index (χ0n) is 8.00. The fourth-order valence-electron chi connectivity index (χ4n) is 1.16. The molecule has 0 saturated heterocycles. The van der Waals surface area contributed by atoms with Crippen LogP contribution in [0.4, 0.5) is 0 Å². The number of alkyl halides is 1. The lowest BCUT2D eigenvalue weighted by Gasteiger charge is -1.99. The van der Waals surface area contributed by atoms with E-state index < -0.39 is 0 Å². The van der Waals surface area contributed by atoms with Crippen molar-refractivity contribution in [3.8, 4) is 11.4 Å². The molecule has 1 aromatic heterocycles. The van der Waals surface area contributed by atoms with Crippen LogP contribution < -0.4 is 0 Å². The van der Waals surface area contributed by atoms with Gasteiger partial charge in [-0.3, -0.25) is 0 Å². The second kappa shape index (κ2) is 4.60. The monoisotopic (exact) mass is 302 g/mol. The summed E-state index contributed by atoms with van der Waals surface area (Å²) < 4.78 is 4.27. The third kappa shape index (κ3) is 2.38. The molecule has 78 valence electrons. The van der Waals surface area contributed by atoms with Crippen molar-refractivity contribution in [3.63, 3.8) is 0 Å². The van der Waals surface area contributed by atoms with Crippen molar-refractivity contribution in [2.75, 3.05) is 0 Å². The molecular formula is C10H8BrClN2S. The minimum Gasteiger partial charge on any atom is -0.219 e. The van der Waals surface area contributed by atoms with Crippen LogP contribution in [0.5, 0.6) is 0 Å². The molecule has 5 heteroatoms. The summed E-state index contributed by atoms with van der Waals surface area (Å²) in [5.41, 5.74) is 2.03. The molecule has 0 aliphatic heterocycles. The zero-order valence-corrected chi connectivity index (χ0v) is 11.2. The summed E-state index contributed by atoms with van der Waals surface area (Å²) in [5.74, 6) is 0.747. The molecular weight excluding hydrogens is 296 g/mol. The second-order valence-electron chi connectivity index (χ2n) is 3.11. The third-order valence-corrected chi connectivity index (χ3v) is 4.03. The highest BCUT2D eigenvalue weighted by Gasteiger charge is 2.06. The van der Waals surface area contributed by atoms with E-state index in [2.05, 4.69) is 25.3 Å². The van der Waals surface area contributed by atoms with Crippen LogP contribution in [0, 0.1) is 6.92 Å². The lowest BCUT2D eigenvalue weighted by atomic mass is 10.1. The Morgan fingerprint density at radius 2 is 2.27 bits per heavy atom. The van der Waals surface area contributed by atoms with E-state index in [0.717, 1.165) is 32.3 Å². The van der Waals surface area contributed by atoms with Gasteiger partial charge in [-0.05, 0) is 30.1 Å². The van der Waals surface area contributed by atoms with Crippen LogP contribution >= 0.6 is 39.1 Å². The lowest BCUT2D eigenvalue weighted by molar-refractivity contribution is 1.24. The quantitative estimate of drug-likeness (QED) is 0.782. The molecule has 2 rings (SSSR count). The fourth-order valence-corrected chi connectivity index (χ4v) is 2.29. The number of rotatable bonds is 2. The standard InChI is InChI=1S/C10H8BrClN2S/c1-6-2-3-7(4-8(6)12)10-13-9(5-11)15-14-10/h2-4H,5H2,1H3. The molecule has 1 aromatic carbocycles. The smallest absolute Gasteiger partial charge is 0.173 e. The molecule has 0 saturated carbocycles. The van der Waals surface area contributed by atoms with Crippen LogP contribution in [0.1, 0.15) is 10.6 Å². The second-order valence-corrected chi connectivity index (χ2v) is 4.91. The minimum atomic E-state index is 0.740. The molecule has 0 bridgehead atoms. The van der Waals surface area contributed by atoms with Crippen molar-refractivity contribution < 1.29 is 0 Å². The van der Waals surface area contributed by atoms with Crippen LogP contribution in [0.3, 0.4) is 0 Å². The molecule has 2 nitrogen and oxygen atoms in total. The van der Waals surface area contributed by atoms with Crippen LogP contribution in [0.2, 0.25) is 5.02 Å². The van der Waals surface area contributed by atoms with E-state index >= 15 is 0 Å². The maximum Gasteiger partial charge on any atom is 0.173 e. The van der Waals surface area contributed by atoms with Gasteiger partial charge in [0.2, 0.25) is 0 Å². The molecule has 0 fully saturated rings. The molecule has 0 radical (unpaired) electrons. The Bertz CT molecular complexity index is 484. The molecule has 0 atom stereocenters. The summed E-state index contributed by atoms with van der Waals surface area (Å²) in [6.45, 7) is 1.98. The minimum absolute atomic E-state index is 0.740. The molecule has 0 N–H and O–H groups in total. The molecule has 0 amide bonds. The third-order valence-electron chi connectivity index (χ3n) is 2.01. The van der Waals surface area contributed by atoms with Crippen LogP contribution in [0.25, 0.3) is 11.4 Å². The number of nitrogens with zero attached hydrogens (tertiary/aromatic N) is 2. The van der Waals surface area contributed by atoms with Gasteiger partial charge in [0.25, 0.3) is 0 Å². The Morgan fingerprint density at radius 3 is 2.87 bits per heavy atom. The lowest BCUT2D eigenvalue weighted by Crippen LogP contribution is -1.83. The van der Waals surface area contributed by atoms with E-state index in [4.69, 9.17) is 11.6 Å². The normalized spacial score (nSPS) is 10.6. The highest BCUT2D eigenvalue weighted by atomic mass is 79.9. The number of hydrogen-bond acceptors (Lipinski definition) is 3. The van der Waals surface area contributed by atoms with Crippen molar-refractivity contribution in [2.45, 2.75) is 12.3 Å². The van der Waals surface area contributed by atoms with Crippen LogP contribution in [-0.2, 0) is 5.33 Å². The van der Waals surface area contributed by atoms with Crippen LogP contribution in [-0.4, -0.2) is 9.36 Å². The van der Waals surface area contributed by atoms with Gasteiger partial charge in [0, 0.05) is 10.6 Å². The average Bonchev–Trinajstić information content (AvgIpc) is 2.70. The summed E-state index contributed by atoms with van der Waals surface area (Å²) in [5, 5.41) is 2.47. The Hall–Kier alpha value is -0.450. The van der Waals surface area contributed by atoms with Gasteiger partial charge < -0.3 is 0 Å². The molecule has 2 aromatic rings. The SMILES string of the molecule is Cc1ccc(-c2nsc(CBr)n2)cc1Cl. The molecule has 15 heavy (non-hydrogen) atoms. The summed E-state index contributed by atoms with van der Waals surface area (Å²) in [6.07, 6.45) is 0. The van der Waals surface area contributed by atoms with E-state index in [1.165, 1.54) is 11.5 Å². The average molecular weight is 304 g/mol. The van der Waals surface area contributed by atoms with Gasteiger partial charge >= 0.3 is 0 Å². The maximum atomic E-state index is 6.04. The highest BCUT2D eigenvalue weighted by molar-refractivity contribution is 9.08. The summed E-state index contributed by atoms with van der Waals surface area (Å²) in [6, 6.07) is 5.87. The van der Waals surface area contributed by atoms with Gasteiger partial charge in [-0.15, -0.1) is 0 Å². The van der Waals surface area contributed by atoms with E-state index in [9.17, 15) is 0 Å². The first-order valence-corrected chi connectivity index (χ1v) is 6.63. The summed E-state index contributed by atoms with van der Waals surface area (Å²) >= 11 is 10.8. The van der Waals surface area contributed by atoms with E-state index in [0.29, 0.717) is 0 Å². The van der Waals surface area contributed by atoms with Crippen molar-refractivity contribution in [1.82, 2.24) is 9.36 Å². The van der Waals surface area contributed by atoms with Gasteiger partial charge in [-0.2, -0.15) is 4.37 Å². The Kier molecular flexibility index (Phi) is 3.38. The molecule has 0 aliphatic rings. The summed E-state index contributed by atoms with van der Waals surface area (Å²) in [7, 11) is 0. The van der Waals surface area contributed by atoms with Gasteiger partial charge in [0.05, 0.1) is 5.33 Å². The number of benzene rings is 1. The number of hydrogen-bond donors (Lipinski definition) is 0. The van der Waals surface area contributed by atoms with E-state index in [-0.39, 0.29) is 0 Å². The van der Waals surface area contributed by atoms with Crippen molar-refractivity contribution in [1.29, 1.82) is 0 Å². The molecule has 0 unspecified atom stereocenters. The predicted octanol–water partition coefficient (Wildman–Crippen LogP) is 4.06. The number of aryl methyl sites for hydroxylation is 1. The van der Waals surface area contributed by atoms with Gasteiger partial charge in [-0.1, -0.05) is 39.7 Å². The topological polar surface area (TPSA) is 25.8 Å². The van der Waals surface area contributed by atoms with Gasteiger partial charge in [0.15, 0.2) is 5.82 Å². The largest absolute Gasteiger partial charge is 0.219 e. The molecule has 0 spiro atoms. The molecule has 1 heterocycles. The Balaban J connectivity index is 2.40. The van der Waals surface area contributed by atoms with Crippen molar-refractivity contribution in [3.05, 3.63) is 33.8 Å². The number of halogens is 2. The maximum absolute atomic E-state index is 6.04. The van der Waals surface area contributed by atoms with Crippen molar-refractivity contribution in [2.24, 2.45) is 0 Å². The number of aromatic nitrogens is 2. The van der Waals surface area contributed by atoms with E-state index in [1.807, 2.05) is 25.1 Å². The Labute approximate surface area is 106 Å². The first-order chi connectivity index (χ1) is 7.20. The van der Waals surface area contributed by atoms with E-state index in [1.54, 1.807) is 0 Å². The molecule has 0 aliphatic carbocycles. The predicted molar refractivity (Wildman–Crippen MR) is 67.7 cm³/mol. The summed E-state index contributed by atoms with van der Waals surface area (Å²) in [4.78, 5) is 4.37. The van der Waals surface area contributed by atoms with Gasteiger partial charge in [0.1, 0.15) is 5.01 Å². The van der Waals surface area contributed by atoms with Crippen molar-refractivity contribution >= 4 is 39.1 Å². The zero-order chi connectivity index (χ0) is 10.8. The fraction of sp³-hybridized carbons (Fsp3) is 0.200. The first kappa shape index (κ1) is 11.0.